The minimum Gasteiger partial charge on any atom is -0.456 e. The second-order valence-electron chi connectivity index (χ2n) is 23.7. The second-order valence-corrected chi connectivity index (χ2v) is 23.7. The molecule has 0 saturated heterocycles. The fourth-order valence-corrected chi connectivity index (χ4v) is 14.9. The minimum absolute atomic E-state index is 0.237. The van der Waals surface area contributed by atoms with Gasteiger partial charge in [0.25, 0.3) is 0 Å². The molecule has 13 aromatic rings. The highest BCUT2D eigenvalue weighted by atomic mass is 16.3. The van der Waals surface area contributed by atoms with Crippen molar-refractivity contribution in [2.45, 2.75) is 78.6 Å². The lowest BCUT2D eigenvalue weighted by molar-refractivity contribution is 0.600. The van der Waals surface area contributed by atoms with E-state index < -0.39 is 0 Å². The number of fused-ring (bicyclic) bond motifs is 22. The Balaban J connectivity index is 0.908. The van der Waals surface area contributed by atoms with Crippen LogP contribution in [0.2, 0.25) is 0 Å². The van der Waals surface area contributed by atoms with Gasteiger partial charge in [-0.3, -0.25) is 0 Å². The maximum atomic E-state index is 7.02. The van der Waals surface area contributed by atoms with E-state index >= 15 is 0 Å². The van der Waals surface area contributed by atoms with Crippen LogP contribution in [0.3, 0.4) is 0 Å². The third-order valence-corrected chi connectivity index (χ3v) is 18.2. The summed E-state index contributed by atoms with van der Waals surface area (Å²) in [5, 5.41) is 6.91. The van der Waals surface area contributed by atoms with Gasteiger partial charge in [0.05, 0.1) is 5.69 Å². The van der Waals surface area contributed by atoms with Gasteiger partial charge in [-0.1, -0.05) is 156 Å². The van der Waals surface area contributed by atoms with Crippen molar-refractivity contribution in [3.05, 3.63) is 220 Å². The number of furan rings is 3. The smallest absolute Gasteiger partial charge is 0.144 e. The fraction of sp³-hybridized carbons (Fsp3) is 0.167. The normalized spacial score (nSPS) is 15.2. The lowest BCUT2D eigenvalue weighted by Crippen LogP contribution is -2.24. The zero-order valence-corrected chi connectivity index (χ0v) is 44.3. The van der Waals surface area contributed by atoms with Gasteiger partial charge in [-0.05, 0) is 159 Å². The molecule has 0 atom stereocenters. The lowest BCUT2D eigenvalue weighted by Gasteiger charge is -2.33. The van der Waals surface area contributed by atoms with Gasteiger partial charge in [0, 0.05) is 71.1 Å². The molecule has 0 aliphatic heterocycles. The van der Waals surface area contributed by atoms with Crippen LogP contribution < -0.4 is 4.90 Å². The first-order chi connectivity index (χ1) is 36.7. The fourth-order valence-electron chi connectivity index (χ4n) is 14.9. The van der Waals surface area contributed by atoms with E-state index in [2.05, 4.69) is 225 Å². The number of nitrogens with zero attached hydrogens (tertiary/aromatic N) is 1. The van der Waals surface area contributed by atoms with Crippen molar-refractivity contribution in [2.24, 2.45) is 0 Å². The SMILES string of the molecule is Cc1cc(C)c(N(c2ccc3c(c2)C(C)(C)c2cc(-c4ccc5c(c4)oc4ccccc45)c4oc5ccccc5c4c2-3)c2ccc3c(c2)C(C)(C)c2c4c(c5oc6ccccc6c5c2-3)-c2ccccc2C4(C)C)c(C)c1. The largest absolute Gasteiger partial charge is 0.456 e. The first kappa shape index (κ1) is 43.8. The number of para-hydroxylation sites is 3. The summed E-state index contributed by atoms with van der Waals surface area (Å²) in [5.41, 5.74) is 29.6. The molecule has 3 heterocycles. The molecular weight excluding hydrogens is 927 g/mol. The summed E-state index contributed by atoms with van der Waals surface area (Å²) in [6.45, 7) is 21.3. The van der Waals surface area contributed by atoms with E-state index in [9.17, 15) is 0 Å². The van der Waals surface area contributed by atoms with E-state index in [-0.39, 0.29) is 16.2 Å². The van der Waals surface area contributed by atoms with Crippen molar-refractivity contribution in [1.29, 1.82) is 0 Å². The van der Waals surface area contributed by atoms with E-state index in [4.69, 9.17) is 13.3 Å². The summed E-state index contributed by atoms with van der Waals surface area (Å²) in [6, 6.07) is 62.7. The summed E-state index contributed by atoms with van der Waals surface area (Å²) in [5.74, 6) is 0. The molecule has 0 fully saturated rings. The van der Waals surface area contributed by atoms with Gasteiger partial charge in [-0.15, -0.1) is 0 Å². The Morgan fingerprint density at radius 1 is 0.355 bits per heavy atom. The van der Waals surface area contributed by atoms with Crippen LogP contribution in [0.1, 0.15) is 91.6 Å². The molecule has 0 unspecified atom stereocenters. The van der Waals surface area contributed by atoms with E-state index in [1.807, 2.05) is 12.1 Å². The number of hydrogen-bond acceptors (Lipinski definition) is 4. The maximum absolute atomic E-state index is 7.02. The molecule has 0 N–H and O–H groups in total. The van der Waals surface area contributed by atoms with Crippen LogP contribution >= 0.6 is 0 Å². The Bertz CT molecular complexity index is 4750. The molecule has 16 rings (SSSR count). The maximum Gasteiger partial charge on any atom is 0.144 e. The topological polar surface area (TPSA) is 42.7 Å². The molecule has 0 radical (unpaired) electrons. The summed E-state index contributed by atoms with van der Waals surface area (Å²) in [4.78, 5) is 2.55. The molecule has 3 aliphatic carbocycles. The van der Waals surface area contributed by atoms with Crippen LogP contribution in [-0.2, 0) is 16.2 Å². The van der Waals surface area contributed by atoms with Gasteiger partial charge in [-0.25, -0.2) is 0 Å². The number of aryl methyl sites for hydroxylation is 3. The average Bonchev–Trinajstić information content (AvgIpc) is 4.30. The zero-order chi connectivity index (χ0) is 51.5. The number of rotatable bonds is 4. The first-order valence-corrected chi connectivity index (χ1v) is 26.9. The minimum atomic E-state index is -0.362. The molecule has 76 heavy (non-hydrogen) atoms. The highest BCUT2D eigenvalue weighted by Crippen LogP contribution is 2.64. The molecule has 4 heteroatoms. The van der Waals surface area contributed by atoms with Crippen LogP contribution in [0.25, 0.3) is 110 Å². The summed E-state index contributed by atoms with van der Waals surface area (Å²) in [6.07, 6.45) is 0. The third kappa shape index (κ3) is 5.48. The van der Waals surface area contributed by atoms with Crippen molar-refractivity contribution in [1.82, 2.24) is 0 Å². The van der Waals surface area contributed by atoms with E-state index in [0.29, 0.717) is 0 Å². The van der Waals surface area contributed by atoms with E-state index in [0.717, 1.165) is 77.5 Å². The Labute approximate surface area is 441 Å². The van der Waals surface area contributed by atoms with Crippen LogP contribution in [-0.4, -0.2) is 0 Å². The predicted molar refractivity (Wildman–Crippen MR) is 315 cm³/mol. The quantitative estimate of drug-likeness (QED) is 0.176. The van der Waals surface area contributed by atoms with Crippen LogP contribution in [0.5, 0.6) is 0 Å². The molecule has 0 spiro atoms. The molecule has 10 aromatic carbocycles. The van der Waals surface area contributed by atoms with Crippen LogP contribution in [0.4, 0.5) is 17.1 Å². The van der Waals surface area contributed by atoms with Gasteiger partial charge in [0.1, 0.15) is 33.5 Å². The molecular formula is C72H55NO3. The van der Waals surface area contributed by atoms with Crippen molar-refractivity contribution in [3.63, 3.8) is 0 Å². The Kier molecular flexibility index (Phi) is 8.42. The molecule has 3 aliphatic rings. The second kappa shape index (κ2) is 14.6. The van der Waals surface area contributed by atoms with Gasteiger partial charge < -0.3 is 18.2 Å². The highest BCUT2D eigenvalue weighted by Gasteiger charge is 2.49. The number of benzene rings is 10. The lowest BCUT2D eigenvalue weighted by atomic mass is 9.72. The monoisotopic (exact) mass is 981 g/mol. The van der Waals surface area contributed by atoms with Crippen LogP contribution in [0.15, 0.2) is 183 Å². The van der Waals surface area contributed by atoms with Crippen molar-refractivity contribution in [3.8, 4) is 44.5 Å². The molecule has 0 bridgehead atoms. The standard InChI is InChI=1S/C72H55NO3/c1-38-32-39(2)67(40(3)33-38)73(43-28-31-48-54(36-43)72(8,9)65-61(48)63-50-21-13-17-25-58(50)76-69(63)64-46-19-10-14-22-52(46)71(6,7)66(64)65)42-27-30-47-53(35-42)70(4,5)55-37-51(68-62(60(47)55)49-20-12-16-24-57(49)75-68)41-26-29-45-44-18-11-15-23-56(44)74-59(45)34-41/h10-37H,1-9H3. The van der Waals surface area contributed by atoms with Crippen molar-refractivity contribution in [2.75, 3.05) is 4.90 Å². The summed E-state index contributed by atoms with van der Waals surface area (Å²) >= 11 is 0. The van der Waals surface area contributed by atoms with E-state index in [1.54, 1.807) is 0 Å². The first-order valence-electron chi connectivity index (χ1n) is 26.9. The Morgan fingerprint density at radius 3 is 1.55 bits per heavy atom. The molecule has 3 aromatic heterocycles. The predicted octanol–water partition coefficient (Wildman–Crippen LogP) is 20.4. The van der Waals surface area contributed by atoms with Gasteiger partial charge in [0.2, 0.25) is 0 Å². The third-order valence-electron chi connectivity index (χ3n) is 18.2. The molecule has 0 saturated carbocycles. The molecule has 366 valence electrons. The molecule has 4 nitrogen and oxygen atoms in total. The van der Waals surface area contributed by atoms with Crippen LogP contribution in [0, 0.1) is 20.8 Å². The average molecular weight is 982 g/mol. The highest BCUT2D eigenvalue weighted by molar-refractivity contribution is 6.22. The number of hydrogen-bond donors (Lipinski definition) is 0. The van der Waals surface area contributed by atoms with Gasteiger partial charge in [0.15, 0.2) is 0 Å². The van der Waals surface area contributed by atoms with Crippen molar-refractivity contribution < 1.29 is 13.3 Å². The van der Waals surface area contributed by atoms with Gasteiger partial charge in [-0.2, -0.15) is 0 Å². The summed E-state index contributed by atoms with van der Waals surface area (Å²) < 4.78 is 20.5. The Morgan fingerprint density at radius 2 is 0.868 bits per heavy atom. The van der Waals surface area contributed by atoms with E-state index in [1.165, 1.54) is 99.9 Å². The molecule has 0 amide bonds. The summed E-state index contributed by atoms with van der Waals surface area (Å²) in [7, 11) is 0. The van der Waals surface area contributed by atoms with Gasteiger partial charge >= 0.3 is 0 Å². The number of anilines is 3. The Hall–Kier alpha value is -8.60. The zero-order valence-electron chi connectivity index (χ0n) is 44.3. The van der Waals surface area contributed by atoms with Crippen molar-refractivity contribution >= 4 is 82.9 Å².